The van der Waals surface area contributed by atoms with Crippen LogP contribution in [0, 0.1) is 5.82 Å². The summed E-state index contributed by atoms with van der Waals surface area (Å²) in [6.45, 7) is 2.04. The van der Waals surface area contributed by atoms with Crippen LogP contribution in [-0.4, -0.2) is 44.0 Å². The lowest BCUT2D eigenvalue weighted by molar-refractivity contribution is 0.0997. The first-order valence-electron chi connectivity index (χ1n) is 9.68. The molecule has 1 fully saturated rings. The maximum absolute atomic E-state index is 13.4. The van der Waals surface area contributed by atoms with Gasteiger partial charge in [-0.1, -0.05) is 12.1 Å². The summed E-state index contributed by atoms with van der Waals surface area (Å²) in [7, 11) is 4.22. The molecule has 150 valence electrons. The first-order valence-corrected chi connectivity index (χ1v) is 9.68. The molecule has 1 saturated heterocycles. The fourth-order valence-electron chi connectivity index (χ4n) is 3.60. The van der Waals surface area contributed by atoms with Gasteiger partial charge in [-0.2, -0.15) is 0 Å². The van der Waals surface area contributed by atoms with E-state index in [-0.39, 0.29) is 17.5 Å². The average molecular weight is 393 g/mol. The Hall–Kier alpha value is -3.12. The van der Waals surface area contributed by atoms with Crippen LogP contribution in [0.4, 0.5) is 15.8 Å². The first-order chi connectivity index (χ1) is 14.0. The summed E-state index contributed by atoms with van der Waals surface area (Å²) >= 11 is 0. The number of carbonyl (C=O) groups is 1. The molecule has 1 N–H and O–H groups in total. The second kappa shape index (κ2) is 8.09. The summed E-state index contributed by atoms with van der Waals surface area (Å²) in [5.41, 5.74) is 2.44. The Morgan fingerprint density at radius 1 is 1.14 bits per heavy atom. The third-order valence-corrected chi connectivity index (χ3v) is 5.32. The van der Waals surface area contributed by atoms with E-state index in [0.717, 1.165) is 25.2 Å². The Balaban J connectivity index is 1.40. The molecule has 0 bridgehead atoms. The van der Waals surface area contributed by atoms with Crippen molar-refractivity contribution in [2.75, 3.05) is 37.4 Å². The smallest absolute Gasteiger partial charge is 0.291 e. The van der Waals surface area contributed by atoms with Crippen molar-refractivity contribution in [2.45, 2.75) is 12.5 Å². The highest BCUT2D eigenvalue weighted by Crippen LogP contribution is 2.25. The van der Waals surface area contributed by atoms with Crippen molar-refractivity contribution >= 4 is 17.3 Å². The van der Waals surface area contributed by atoms with E-state index in [2.05, 4.69) is 29.2 Å². The molecular weight excluding hydrogens is 369 g/mol. The highest BCUT2D eigenvalue weighted by atomic mass is 19.1. The Morgan fingerprint density at radius 3 is 2.62 bits per heavy atom. The van der Waals surface area contributed by atoms with E-state index in [0.29, 0.717) is 23.1 Å². The van der Waals surface area contributed by atoms with Gasteiger partial charge in [0.25, 0.3) is 5.91 Å². The third kappa shape index (κ3) is 4.32. The van der Waals surface area contributed by atoms with Crippen LogP contribution in [-0.2, 0) is 0 Å². The second-order valence-corrected chi connectivity index (χ2v) is 7.53. The standard InChI is InChI=1S/C23H24FN3O2/c1-26(2)20-12-13-27(15-20)19-8-6-18(7-9-19)25-23(28)22-11-10-21(29-22)16-4-3-5-17(24)14-16/h3-11,14,20H,12-13,15H2,1-2H3,(H,25,28). The highest BCUT2D eigenvalue weighted by molar-refractivity contribution is 6.02. The first kappa shape index (κ1) is 19.2. The lowest BCUT2D eigenvalue weighted by Crippen LogP contribution is -2.31. The van der Waals surface area contributed by atoms with Crippen molar-refractivity contribution in [1.29, 1.82) is 0 Å². The SMILES string of the molecule is CN(C)C1CCN(c2ccc(NC(=O)c3ccc(-c4cccc(F)c4)o3)cc2)C1. The quantitative estimate of drug-likeness (QED) is 0.694. The van der Waals surface area contributed by atoms with Crippen molar-refractivity contribution in [1.82, 2.24) is 4.90 Å². The minimum absolute atomic E-state index is 0.182. The zero-order chi connectivity index (χ0) is 20.4. The molecular formula is C23H24FN3O2. The topological polar surface area (TPSA) is 48.7 Å². The fraction of sp³-hybridized carbons (Fsp3) is 0.261. The van der Waals surface area contributed by atoms with Crippen molar-refractivity contribution in [2.24, 2.45) is 0 Å². The number of carbonyl (C=O) groups excluding carboxylic acids is 1. The van der Waals surface area contributed by atoms with Gasteiger partial charge in [-0.3, -0.25) is 4.79 Å². The molecule has 1 aromatic heterocycles. The van der Waals surface area contributed by atoms with Gasteiger partial charge in [-0.25, -0.2) is 4.39 Å². The molecule has 2 heterocycles. The molecule has 3 aromatic rings. The van der Waals surface area contributed by atoms with E-state index in [1.807, 2.05) is 24.3 Å². The molecule has 1 unspecified atom stereocenters. The largest absolute Gasteiger partial charge is 0.451 e. The summed E-state index contributed by atoms with van der Waals surface area (Å²) in [4.78, 5) is 17.1. The van der Waals surface area contributed by atoms with E-state index in [1.54, 1.807) is 24.3 Å². The minimum Gasteiger partial charge on any atom is -0.451 e. The molecule has 2 aromatic carbocycles. The lowest BCUT2D eigenvalue weighted by atomic mass is 10.2. The summed E-state index contributed by atoms with van der Waals surface area (Å²) in [5, 5.41) is 2.85. The van der Waals surface area contributed by atoms with E-state index < -0.39 is 0 Å². The number of amides is 1. The summed E-state index contributed by atoms with van der Waals surface area (Å²) in [6.07, 6.45) is 1.15. The van der Waals surface area contributed by atoms with Gasteiger partial charge in [0.05, 0.1) is 0 Å². The van der Waals surface area contributed by atoms with Crippen molar-refractivity contribution < 1.29 is 13.6 Å². The van der Waals surface area contributed by atoms with Crippen LogP contribution < -0.4 is 10.2 Å². The van der Waals surface area contributed by atoms with Crippen molar-refractivity contribution in [3.05, 3.63) is 72.2 Å². The molecule has 1 atom stereocenters. The predicted molar refractivity (Wildman–Crippen MR) is 113 cm³/mol. The van der Waals surface area contributed by atoms with Crippen LogP contribution in [0.1, 0.15) is 17.0 Å². The van der Waals surface area contributed by atoms with Gasteiger partial charge in [0.2, 0.25) is 0 Å². The minimum atomic E-state index is -0.347. The number of furan rings is 1. The third-order valence-electron chi connectivity index (χ3n) is 5.32. The lowest BCUT2D eigenvalue weighted by Gasteiger charge is -2.22. The molecule has 0 aliphatic carbocycles. The fourth-order valence-corrected chi connectivity index (χ4v) is 3.60. The summed E-state index contributed by atoms with van der Waals surface area (Å²) in [5.74, 6) is -0.0506. The Kier molecular flexibility index (Phi) is 5.36. The highest BCUT2D eigenvalue weighted by Gasteiger charge is 2.24. The number of anilines is 2. The Labute approximate surface area is 169 Å². The van der Waals surface area contributed by atoms with Crippen LogP contribution in [0.2, 0.25) is 0 Å². The van der Waals surface area contributed by atoms with Gasteiger partial charge in [0.15, 0.2) is 5.76 Å². The Bertz CT molecular complexity index is 997. The molecule has 1 amide bonds. The number of halogens is 1. The molecule has 5 nitrogen and oxygen atoms in total. The molecule has 0 spiro atoms. The van der Waals surface area contributed by atoms with E-state index >= 15 is 0 Å². The monoisotopic (exact) mass is 393 g/mol. The van der Waals surface area contributed by atoms with Crippen LogP contribution in [0.3, 0.4) is 0 Å². The van der Waals surface area contributed by atoms with E-state index in [1.165, 1.54) is 12.1 Å². The number of hydrogen-bond acceptors (Lipinski definition) is 4. The normalized spacial score (nSPS) is 16.4. The molecule has 0 saturated carbocycles. The van der Waals surface area contributed by atoms with Crippen LogP contribution in [0.15, 0.2) is 65.1 Å². The summed E-state index contributed by atoms with van der Waals surface area (Å²) in [6, 6.07) is 17.8. The average Bonchev–Trinajstić information content (AvgIpc) is 3.39. The van der Waals surface area contributed by atoms with Crippen LogP contribution in [0.5, 0.6) is 0 Å². The van der Waals surface area contributed by atoms with Gasteiger partial charge >= 0.3 is 0 Å². The van der Waals surface area contributed by atoms with Gasteiger partial charge in [-0.15, -0.1) is 0 Å². The molecule has 1 aliphatic rings. The number of nitrogens with one attached hydrogen (secondary N) is 1. The maximum atomic E-state index is 13.4. The zero-order valence-electron chi connectivity index (χ0n) is 16.6. The van der Waals surface area contributed by atoms with Crippen LogP contribution >= 0.6 is 0 Å². The van der Waals surface area contributed by atoms with Gasteiger partial charge in [0.1, 0.15) is 11.6 Å². The predicted octanol–water partition coefficient (Wildman–Crippen LogP) is 4.48. The van der Waals surface area contributed by atoms with Crippen LogP contribution in [0.25, 0.3) is 11.3 Å². The number of rotatable bonds is 5. The summed E-state index contributed by atoms with van der Waals surface area (Å²) < 4.78 is 19.0. The number of nitrogens with zero attached hydrogens (tertiary/aromatic N) is 2. The van der Waals surface area contributed by atoms with E-state index in [9.17, 15) is 9.18 Å². The number of likely N-dealkylation sites (N-methyl/N-ethyl adjacent to an activating group) is 1. The van der Waals surface area contributed by atoms with Gasteiger partial charge in [-0.05, 0) is 69.0 Å². The number of hydrogen-bond donors (Lipinski definition) is 1. The zero-order valence-corrected chi connectivity index (χ0v) is 16.6. The molecule has 0 radical (unpaired) electrons. The van der Waals surface area contributed by atoms with Crippen molar-refractivity contribution in [3.8, 4) is 11.3 Å². The van der Waals surface area contributed by atoms with Gasteiger partial charge < -0.3 is 19.5 Å². The van der Waals surface area contributed by atoms with Gasteiger partial charge in [0, 0.05) is 36.1 Å². The van der Waals surface area contributed by atoms with E-state index in [4.69, 9.17) is 4.42 Å². The molecule has 4 rings (SSSR count). The maximum Gasteiger partial charge on any atom is 0.291 e. The molecule has 6 heteroatoms. The molecule has 1 aliphatic heterocycles. The van der Waals surface area contributed by atoms with Crippen molar-refractivity contribution in [3.63, 3.8) is 0 Å². The Morgan fingerprint density at radius 2 is 1.93 bits per heavy atom. The number of benzene rings is 2. The second-order valence-electron chi connectivity index (χ2n) is 7.53. The molecule has 29 heavy (non-hydrogen) atoms.